The van der Waals surface area contributed by atoms with Crippen LogP contribution in [0.5, 0.6) is 0 Å². The monoisotopic (exact) mass is 719 g/mol. The summed E-state index contributed by atoms with van der Waals surface area (Å²) in [4.78, 5) is 12.6. The molecule has 0 N–H and O–H groups in total. The zero-order chi connectivity index (χ0) is 37.4. The molecule has 1 atom stereocenters. The molecule has 0 amide bonds. The summed E-state index contributed by atoms with van der Waals surface area (Å²) < 4.78 is 2.67. The minimum atomic E-state index is 0.0109. The van der Waals surface area contributed by atoms with Crippen molar-refractivity contribution in [3.63, 3.8) is 0 Å². The van der Waals surface area contributed by atoms with Crippen molar-refractivity contribution in [1.82, 2.24) is 0 Å². The van der Waals surface area contributed by atoms with Crippen LogP contribution in [0.3, 0.4) is 0 Å². The van der Waals surface area contributed by atoms with Crippen LogP contribution in [0.15, 0.2) is 141 Å². The van der Waals surface area contributed by atoms with Gasteiger partial charge in [0.05, 0.1) is 18.0 Å². The molecule has 4 heteroatoms. The van der Waals surface area contributed by atoms with Crippen LogP contribution in [0.2, 0.25) is 0 Å². The summed E-state index contributed by atoms with van der Waals surface area (Å²) >= 11 is 1.91. The lowest BCUT2D eigenvalue weighted by molar-refractivity contribution is 0.337. The Morgan fingerprint density at radius 2 is 1.77 bits per heavy atom. The van der Waals surface area contributed by atoms with Crippen LogP contribution in [0, 0.1) is 11.3 Å². The number of fused-ring (bicyclic) bond motifs is 2. The number of thiophene rings is 1. The van der Waals surface area contributed by atoms with Crippen molar-refractivity contribution in [2.24, 2.45) is 21.3 Å². The fourth-order valence-corrected chi connectivity index (χ4v) is 9.70. The normalized spacial score (nSPS) is 23.9. The molecular weight excluding hydrogens is 663 g/mol. The number of hydrogen-bond donors (Lipinski definition) is 0. The van der Waals surface area contributed by atoms with Gasteiger partial charge in [-0.15, -0.1) is 11.3 Å². The van der Waals surface area contributed by atoms with Crippen molar-refractivity contribution in [2.45, 2.75) is 86.6 Å². The molecule has 3 nitrogen and oxygen atoms in total. The topological polar surface area (TPSA) is 28.0 Å². The number of rotatable bonds is 8. The summed E-state index contributed by atoms with van der Waals surface area (Å²) in [5.41, 5.74) is 11.0. The molecule has 2 aromatic rings. The molecule has 0 fully saturated rings. The van der Waals surface area contributed by atoms with Gasteiger partial charge in [-0.05, 0) is 123 Å². The first-order chi connectivity index (χ1) is 25.8. The van der Waals surface area contributed by atoms with E-state index in [-0.39, 0.29) is 5.41 Å². The molecule has 1 unspecified atom stereocenters. The van der Waals surface area contributed by atoms with Crippen molar-refractivity contribution in [3.05, 3.63) is 146 Å². The third-order valence-corrected chi connectivity index (χ3v) is 12.4. The highest BCUT2D eigenvalue weighted by molar-refractivity contribution is 7.17. The maximum Gasteiger partial charge on any atom is 0.0741 e. The minimum Gasteiger partial charge on any atom is -0.367 e. The third kappa shape index (κ3) is 8.19. The van der Waals surface area contributed by atoms with Gasteiger partial charge in [0, 0.05) is 44.9 Å². The van der Waals surface area contributed by atoms with Gasteiger partial charge in [0.2, 0.25) is 0 Å². The van der Waals surface area contributed by atoms with Gasteiger partial charge in [0.15, 0.2) is 0 Å². The van der Waals surface area contributed by atoms with E-state index in [0.717, 1.165) is 74.2 Å². The van der Waals surface area contributed by atoms with Crippen LogP contribution in [0.1, 0.15) is 85.6 Å². The molecule has 1 aliphatic heterocycles. The Morgan fingerprint density at radius 3 is 2.53 bits per heavy atom. The number of benzene rings is 1. The van der Waals surface area contributed by atoms with Gasteiger partial charge in [-0.2, -0.15) is 0 Å². The molecule has 2 heterocycles. The first kappa shape index (κ1) is 38.2. The lowest BCUT2D eigenvalue weighted by Gasteiger charge is -2.36. The van der Waals surface area contributed by atoms with Gasteiger partial charge >= 0.3 is 0 Å². The predicted octanol–water partition coefficient (Wildman–Crippen LogP) is 11.8. The summed E-state index contributed by atoms with van der Waals surface area (Å²) in [6.07, 6.45) is 42.4. The van der Waals surface area contributed by atoms with Crippen LogP contribution < -0.4 is 14.7 Å². The highest BCUT2D eigenvalue weighted by Gasteiger charge is 2.42. The van der Waals surface area contributed by atoms with Gasteiger partial charge in [-0.3, -0.25) is 9.98 Å². The highest BCUT2D eigenvalue weighted by atomic mass is 32.1. The van der Waals surface area contributed by atoms with Crippen LogP contribution in [-0.2, 0) is 6.54 Å². The van der Waals surface area contributed by atoms with E-state index in [2.05, 4.69) is 168 Å². The average molecular weight is 720 g/mol. The molecule has 6 rings (SSSR count). The van der Waals surface area contributed by atoms with Crippen molar-refractivity contribution in [3.8, 4) is 0 Å². The van der Waals surface area contributed by atoms with Crippen molar-refractivity contribution in [1.29, 1.82) is 0 Å². The van der Waals surface area contributed by atoms with Crippen molar-refractivity contribution in [2.75, 3.05) is 18.0 Å². The Balaban J connectivity index is 1.54. The van der Waals surface area contributed by atoms with E-state index in [0.29, 0.717) is 12.5 Å². The Hall–Kier alpha value is -4.54. The molecule has 0 saturated carbocycles. The Morgan fingerprint density at radius 1 is 0.981 bits per heavy atom. The first-order valence-electron chi connectivity index (χ1n) is 19.6. The van der Waals surface area contributed by atoms with Crippen LogP contribution in [-0.4, -0.2) is 25.5 Å². The number of allylic oxidation sites excluding steroid dienone is 17. The van der Waals surface area contributed by atoms with E-state index >= 15 is 0 Å². The number of anilines is 1. The summed E-state index contributed by atoms with van der Waals surface area (Å²) in [6, 6.07) is 4.90. The van der Waals surface area contributed by atoms with Gasteiger partial charge in [0.1, 0.15) is 0 Å². The van der Waals surface area contributed by atoms with Gasteiger partial charge in [-0.25, -0.2) is 0 Å². The summed E-state index contributed by atoms with van der Waals surface area (Å²) in [6.45, 7) is 20.1. The van der Waals surface area contributed by atoms with E-state index in [9.17, 15) is 0 Å². The molecule has 0 bridgehead atoms. The lowest BCUT2D eigenvalue weighted by Crippen LogP contribution is -2.36. The predicted molar refractivity (Wildman–Crippen MR) is 236 cm³/mol. The summed E-state index contributed by atoms with van der Waals surface area (Å²) in [7, 11) is 0. The second-order valence-electron chi connectivity index (χ2n) is 14.9. The maximum atomic E-state index is 5.52. The second-order valence-corrected chi connectivity index (χ2v) is 15.9. The zero-order valence-electron chi connectivity index (χ0n) is 32.8. The van der Waals surface area contributed by atoms with E-state index in [1.165, 1.54) is 47.8 Å². The van der Waals surface area contributed by atoms with Crippen LogP contribution in [0.4, 0.5) is 5.69 Å². The molecule has 1 aromatic heterocycles. The summed E-state index contributed by atoms with van der Waals surface area (Å²) in [5.74, 6) is 0.370. The fraction of sp³-hybridized carbons (Fsp3) is 0.347. The molecule has 274 valence electrons. The first-order valence-corrected chi connectivity index (χ1v) is 20.4. The third-order valence-electron chi connectivity index (χ3n) is 11.1. The van der Waals surface area contributed by atoms with Crippen molar-refractivity contribution >= 4 is 51.7 Å². The average Bonchev–Trinajstić information content (AvgIpc) is 3.44. The Labute approximate surface area is 322 Å². The standard InChI is InChI=1S/C49H57N3S/c1-8-23-43-35(4)40-27-19-13-11-12-14-22-30-52(34-44(40)49(43,5)6)38-31-37(48-42(32-38)39(10-3)46(53-48)24-9-2)33-51-47(36-25-17-15-18-26-36)41-28-20-16-21-29-45(41)50-7/h8,10-12,14,17,20-29,31-32,44H,7,9,13,15-16,18-19,30,33-34H2,1-6H3/b12-11-,22-14-,23-8-,39-10-,40-27-,46-24+,51-47?. The molecule has 3 aliphatic carbocycles. The molecular formula is C49H57N3S. The SMILES string of the molecule is C=NC1=C(C(=NCc2cc(N3C/C=C\C=C/CC/C=C4C(C)=C(/C=C\C)C(C)(C)C/4C3)cc3c(=C/C)/c(=C\CC)sc23)C2=CCCC=C2)C=CCC=C1. The molecule has 0 saturated heterocycles. The molecule has 1 aromatic carbocycles. The summed E-state index contributed by atoms with van der Waals surface area (Å²) in [5, 5.41) is 2.65. The maximum absolute atomic E-state index is 5.52. The smallest absolute Gasteiger partial charge is 0.0741 e. The second kappa shape index (κ2) is 17.5. The molecule has 53 heavy (non-hydrogen) atoms. The van der Waals surface area contributed by atoms with Crippen LogP contribution in [0.25, 0.3) is 22.2 Å². The minimum absolute atomic E-state index is 0.0109. The van der Waals surface area contributed by atoms with E-state index < -0.39 is 0 Å². The Kier molecular flexibility index (Phi) is 12.6. The van der Waals surface area contributed by atoms with Crippen molar-refractivity contribution < 1.29 is 0 Å². The fourth-order valence-electron chi connectivity index (χ4n) is 8.35. The largest absolute Gasteiger partial charge is 0.367 e. The zero-order valence-corrected chi connectivity index (χ0v) is 33.6. The highest BCUT2D eigenvalue weighted by Crippen LogP contribution is 2.51. The number of aliphatic imine (C=N–C) groups is 2. The van der Waals surface area contributed by atoms with Gasteiger partial charge < -0.3 is 4.90 Å². The Bertz CT molecular complexity index is 2190. The lowest BCUT2D eigenvalue weighted by atomic mass is 9.75. The van der Waals surface area contributed by atoms with Crippen LogP contribution >= 0.6 is 11.3 Å². The van der Waals surface area contributed by atoms with E-state index in [1.807, 2.05) is 11.3 Å². The van der Waals surface area contributed by atoms with E-state index in [1.54, 1.807) is 0 Å². The molecule has 0 spiro atoms. The molecule has 0 radical (unpaired) electrons. The van der Waals surface area contributed by atoms with E-state index in [4.69, 9.17) is 4.99 Å². The number of nitrogens with zero attached hydrogens (tertiary/aromatic N) is 3. The van der Waals surface area contributed by atoms with Gasteiger partial charge in [0.25, 0.3) is 0 Å². The number of hydrogen-bond acceptors (Lipinski definition) is 4. The quantitative estimate of drug-likeness (QED) is 0.250. The molecule has 4 aliphatic rings. The van der Waals surface area contributed by atoms with Gasteiger partial charge in [-0.1, -0.05) is 112 Å².